The Morgan fingerprint density at radius 1 is 1.21 bits per heavy atom. The average molecular weight is 264 g/mol. The predicted molar refractivity (Wildman–Crippen MR) is 81.4 cm³/mol. The van der Waals surface area contributed by atoms with Crippen molar-refractivity contribution < 1.29 is 4.74 Å². The van der Waals surface area contributed by atoms with Crippen molar-refractivity contribution in [3.8, 4) is 5.75 Å². The molecule has 0 aliphatic heterocycles. The summed E-state index contributed by atoms with van der Waals surface area (Å²) in [5, 5.41) is 0. The fraction of sp³-hybridized carbons (Fsp3) is 0.625. The van der Waals surface area contributed by atoms with E-state index in [-0.39, 0.29) is 5.54 Å². The van der Waals surface area contributed by atoms with E-state index in [1.807, 2.05) is 24.3 Å². The second-order valence-corrected chi connectivity index (χ2v) is 5.64. The van der Waals surface area contributed by atoms with Crippen LogP contribution in [0.1, 0.15) is 39.2 Å². The zero-order valence-electron chi connectivity index (χ0n) is 12.8. The molecule has 0 radical (unpaired) electrons. The summed E-state index contributed by atoms with van der Waals surface area (Å²) < 4.78 is 5.73. The molecular formula is C16H28N2O. The van der Waals surface area contributed by atoms with Crippen LogP contribution >= 0.6 is 0 Å². The van der Waals surface area contributed by atoms with Crippen molar-refractivity contribution in [2.45, 2.75) is 45.7 Å². The fourth-order valence-corrected chi connectivity index (χ4v) is 1.79. The van der Waals surface area contributed by atoms with Crippen LogP contribution in [0.4, 0.5) is 0 Å². The van der Waals surface area contributed by atoms with E-state index in [0.717, 1.165) is 37.3 Å². The molecule has 3 heteroatoms. The molecule has 0 amide bonds. The van der Waals surface area contributed by atoms with Crippen molar-refractivity contribution in [1.82, 2.24) is 4.90 Å². The number of benzene rings is 1. The van der Waals surface area contributed by atoms with Crippen LogP contribution in [0.2, 0.25) is 0 Å². The lowest BCUT2D eigenvalue weighted by molar-refractivity contribution is 0.140. The molecule has 19 heavy (non-hydrogen) atoms. The second-order valence-electron chi connectivity index (χ2n) is 5.64. The summed E-state index contributed by atoms with van der Waals surface area (Å²) in [5.74, 6) is 0.926. The van der Waals surface area contributed by atoms with E-state index in [1.165, 1.54) is 0 Å². The van der Waals surface area contributed by atoms with Crippen LogP contribution in [-0.2, 0) is 6.54 Å². The Labute approximate surface area is 117 Å². The fourth-order valence-electron chi connectivity index (χ4n) is 1.79. The van der Waals surface area contributed by atoms with Gasteiger partial charge in [-0.05, 0) is 51.4 Å². The van der Waals surface area contributed by atoms with Crippen molar-refractivity contribution in [2.24, 2.45) is 5.73 Å². The van der Waals surface area contributed by atoms with E-state index >= 15 is 0 Å². The SMILES string of the molecule is CCC(C)(C)N(C)CCCOc1ccc(CN)cc1. The van der Waals surface area contributed by atoms with E-state index in [2.05, 4.69) is 32.7 Å². The minimum atomic E-state index is 0.267. The lowest BCUT2D eigenvalue weighted by Crippen LogP contribution is -2.41. The first-order chi connectivity index (χ1) is 8.99. The molecule has 1 aromatic carbocycles. The van der Waals surface area contributed by atoms with Crippen LogP contribution in [0, 0.1) is 0 Å². The highest BCUT2D eigenvalue weighted by Gasteiger charge is 2.20. The quantitative estimate of drug-likeness (QED) is 0.733. The van der Waals surface area contributed by atoms with Gasteiger partial charge in [0.15, 0.2) is 0 Å². The molecule has 0 heterocycles. The summed E-state index contributed by atoms with van der Waals surface area (Å²) in [6.45, 7) is 9.18. The molecule has 0 aliphatic rings. The molecule has 2 N–H and O–H groups in total. The molecule has 108 valence electrons. The topological polar surface area (TPSA) is 38.5 Å². The van der Waals surface area contributed by atoms with Gasteiger partial charge in [0.05, 0.1) is 6.61 Å². The van der Waals surface area contributed by atoms with Crippen molar-refractivity contribution in [1.29, 1.82) is 0 Å². The summed E-state index contributed by atoms with van der Waals surface area (Å²) in [7, 11) is 2.18. The van der Waals surface area contributed by atoms with Crippen LogP contribution in [0.15, 0.2) is 24.3 Å². The van der Waals surface area contributed by atoms with Crippen LogP contribution in [0.3, 0.4) is 0 Å². The van der Waals surface area contributed by atoms with Gasteiger partial charge in [0, 0.05) is 18.6 Å². The molecule has 0 aromatic heterocycles. The first-order valence-corrected chi connectivity index (χ1v) is 7.12. The smallest absolute Gasteiger partial charge is 0.119 e. The van der Waals surface area contributed by atoms with Gasteiger partial charge in [-0.25, -0.2) is 0 Å². The molecule has 0 spiro atoms. The van der Waals surface area contributed by atoms with E-state index in [0.29, 0.717) is 6.54 Å². The summed E-state index contributed by atoms with van der Waals surface area (Å²) in [4.78, 5) is 2.40. The van der Waals surface area contributed by atoms with Crippen LogP contribution < -0.4 is 10.5 Å². The molecule has 0 aliphatic carbocycles. The number of rotatable bonds is 8. The monoisotopic (exact) mass is 264 g/mol. The van der Waals surface area contributed by atoms with Gasteiger partial charge < -0.3 is 15.4 Å². The largest absolute Gasteiger partial charge is 0.494 e. The van der Waals surface area contributed by atoms with Gasteiger partial charge in [0.2, 0.25) is 0 Å². The highest BCUT2D eigenvalue weighted by atomic mass is 16.5. The molecule has 1 aromatic rings. The number of nitrogens with zero attached hydrogens (tertiary/aromatic N) is 1. The first kappa shape index (κ1) is 16.0. The maximum absolute atomic E-state index is 5.73. The van der Waals surface area contributed by atoms with Gasteiger partial charge in [-0.3, -0.25) is 0 Å². The minimum Gasteiger partial charge on any atom is -0.494 e. The van der Waals surface area contributed by atoms with E-state index in [4.69, 9.17) is 10.5 Å². The summed E-state index contributed by atoms with van der Waals surface area (Å²) in [6, 6.07) is 8.01. The van der Waals surface area contributed by atoms with Crippen molar-refractivity contribution in [3.05, 3.63) is 29.8 Å². The standard InChI is InChI=1S/C16H28N2O/c1-5-16(2,3)18(4)11-6-12-19-15-9-7-14(13-17)8-10-15/h7-10H,5-6,11-13,17H2,1-4H3. The maximum Gasteiger partial charge on any atom is 0.119 e. The van der Waals surface area contributed by atoms with Crippen molar-refractivity contribution in [2.75, 3.05) is 20.2 Å². The third-order valence-electron chi connectivity index (χ3n) is 3.96. The minimum absolute atomic E-state index is 0.267. The van der Waals surface area contributed by atoms with E-state index in [9.17, 15) is 0 Å². The molecule has 3 nitrogen and oxygen atoms in total. The lowest BCUT2D eigenvalue weighted by atomic mass is 10.00. The van der Waals surface area contributed by atoms with Gasteiger partial charge in [0.1, 0.15) is 5.75 Å². The summed E-state index contributed by atoms with van der Waals surface area (Å²) in [5.41, 5.74) is 6.96. The van der Waals surface area contributed by atoms with Crippen LogP contribution in [-0.4, -0.2) is 30.6 Å². The molecule has 0 saturated carbocycles. The van der Waals surface area contributed by atoms with Crippen molar-refractivity contribution in [3.63, 3.8) is 0 Å². The highest BCUT2D eigenvalue weighted by molar-refractivity contribution is 5.26. The van der Waals surface area contributed by atoms with Gasteiger partial charge in [-0.15, -0.1) is 0 Å². The molecule has 0 unspecified atom stereocenters. The molecule has 0 atom stereocenters. The zero-order valence-corrected chi connectivity index (χ0v) is 12.8. The van der Waals surface area contributed by atoms with Crippen LogP contribution in [0.5, 0.6) is 5.75 Å². The predicted octanol–water partition coefficient (Wildman–Crippen LogP) is 3.03. The number of ether oxygens (including phenoxy) is 1. The third kappa shape index (κ3) is 5.21. The summed E-state index contributed by atoms with van der Waals surface area (Å²) >= 11 is 0. The molecule has 1 rings (SSSR count). The maximum atomic E-state index is 5.73. The second kappa shape index (κ2) is 7.51. The Hall–Kier alpha value is -1.06. The van der Waals surface area contributed by atoms with Gasteiger partial charge in [-0.1, -0.05) is 19.1 Å². The Morgan fingerprint density at radius 2 is 1.84 bits per heavy atom. The molecule has 0 bridgehead atoms. The molecule has 0 fully saturated rings. The highest BCUT2D eigenvalue weighted by Crippen LogP contribution is 2.17. The Morgan fingerprint density at radius 3 is 2.37 bits per heavy atom. The first-order valence-electron chi connectivity index (χ1n) is 7.12. The Bertz CT molecular complexity index is 360. The lowest BCUT2D eigenvalue weighted by Gasteiger charge is -2.34. The normalized spacial score (nSPS) is 11.9. The summed E-state index contributed by atoms with van der Waals surface area (Å²) in [6.07, 6.45) is 2.20. The molecule has 0 saturated heterocycles. The third-order valence-corrected chi connectivity index (χ3v) is 3.96. The number of hydrogen-bond acceptors (Lipinski definition) is 3. The number of nitrogens with two attached hydrogens (primary N) is 1. The van der Waals surface area contributed by atoms with Gasteiger partial charge in [-0.2, -0.15) is 0 Å². The van der Waals surface area contributed by atoms with Crippen molar-refractivity contribution >= 4 is 0 Å². The van der Waals surface area contributed by atoms with Gasteiger partial charge >= 0.3 is 0 Å². The Balaban J connectivity index is 2.27. The number of hydrogen-bond donors (Lipinski definition) is 1. The Kier molecular flexibility index (Phi) is 6.32. The van der Waals surface area contributed by atoms with Crippen LogP contribution in [0.25, 0.3) is 0 Å². The average Bonchev–Trinajstić information content (AvgIpc) is 2.43. The van der Waals surface area contributed by atoms with Gasteiger partial charge in [0.25, 0.3) is 0 Å². The zero-order chi connectivity index (χ0) is 14.3. The van der Waals surface area contributed by atoms with E-state index < -0.39 is 0 Å². The van der Waals surface area contributed by atoms with E-state index in [1.54, 1.807) is 0 Å². The molecular weight excluding hydrogens is 236 g/mol.